The number of hydrogen-bond acceptors (Lipinski definition) is 5. The van der Waals surface area contributed by atoms with Crippen LogP contribution in [0.3, 0.4) is 0 Å². The minimum Gasteiger partial charge on any atom is -0.481 e. The zero-order valence-corrected chi connectivity index (χ0v) is 12.9. The van der Waals surface area contributed by atoms with Gasteiger partial charge in [-0.2, -0.15) is 0 Å². The van der Waals surface area contributed by atoms with Gasteiger partial charge in [-0.25, -0.2) is 13.1 Å². The Morgan fingerprint density at radius 1 is 1.29 bits per heavy atom. The third-order valence-corrected chi connectivity index (χ3v) is 6.08. The third-order valence-electron chi connectivity index (χ3n) is 3.10. The van der Waals surface area contributed by atoms with Crippen LogP contribution in [0.2, 0.25) is 0 Å². The number of hydrogen-bond donors (Lipinski definition) is 2. The molecule has 0 bridgehead atoms. The van der Waals surface area contributed by atoms with Crippen LogP contribution in [0.25, 0.3) is 0 Å². The molecule has 0 radical (unpaired) electrons. The van der Waals surface area contributed by atoms with E-state index < -0.39 is 16.0 Å². The van der Waals surface area contributed by atoms with Crippen LogP contribution in [-0.2, 0) is 26.0 Å². The van der Waals surface area contributed by atoms with Gasteiger partial charge < -0.3 is 10.0 Å². The number of likely N-dealkylation sites (tertiary alicyclic amines) is 1. The predicted octanol–water partition coefficient (Wildman–Crippen LogP) is 0.276. The van der Waals surface area contributed by atoms with Crippen LogP contribution in [0.4, 0.5) is 0 Å². The molecule has 2 heterocycles. The van der Waals surface area contributed by atoms with Crippen LogP contribution in [0.15, 0.2) is 16.3 Å². The second kappa shape index (κ2) is 6.54. The van der Waals surface area contributed by atoms with E-state index in [-0.39, 0.29) is 23.1 Å². The average molecular weight is 332 g/mol. The predicted molar refractivity (Wildman–Crippen MR) is 76.7 cm³/mol. The fraction of sp³-hybridized carbons (Fsp3) is 0.500. The van der Waals surface area contributed by atoms with E-state index in [4.69, 9.17) is 5.11 Å². The Morgan fingerprint density at radius 2 is 1.95 bits per heavy atom. The highest BCUT2D eigenvalue weighted by atomic mass is 32.2. The van der Waals surface area contributed by atoms with Crippen molar-refractivity contribution in [3.05, 3.63) is 17.0 Å². The molecule has 116 valence electrons. The fourth-order valence-corrected chi connectivity index (χ4v) is 4.42. The normalized spacial score (nSPS) is 15.3. The van der Waals surface area contributed by atoms with Crippen LogP contribution in [0.1, 0.15) is 17.7 Å². The van der Waals surface area contributed by atoms with E-state index >= 15 is 0 Å². The molecule has 1 aliphatic heterocycles. The van der Waals surface area contributed by atoms with Gasteiger partial charge in [0.05, 0.1) is 13.0 Å². The number of carbonyl (C=O) groups excluding carboxylic acids is 1. The summed E-state index contributed by atoms with van der Waals surface area (Å²) in [5.74, 6) is -1.25. The monoisotopic (exact) mass is 332 g/mol. The minimum absolute atomic E-state index is 0.0213. The number of carboxylic acids is 1. The van der Waals surface area contributed by atoms with Crippen molar-refractivity contribution in [2.45, 2.75) is 23.5 Å². The van der Waals surface area contributed by atoms with Crippen molar-refractivity contribution in [2.24, 2.45) is 0 Å². The highest BCUT2D eigenvalue weighted by molar-refractivity contribution is 7.91. The van der Waals surface area contributed by atoms with E-state index in [9.17, 15) is 18.0 Å². The maximum atomic E-state index is 12.0. The van der Waals surface area contributed by atoms with Gasteiger partial charge in [-0.1, -0.05) is 0 Å². The Kier molecular flexibility index (Phi) is 4.96. The van der Waals surface area contributed by atoms with Gasteiger partial charge in [-0.15, -0.1) is 11.3 Å². The summed E-state index contributed by atoms with van der Waals surface area (Å²) in [6.07, 6.45) is 1.68. The lowest BCUT2D eigenvalue weighted by Crippen LogP contribution is -2.38. The molecule has 2 rings (SSSR count). The minimum atomic E-state index is -3.77. The summed E-state index contributed by atoms with van der Waals surface area (Å²) in [7, 11) is -3.77. The molecular weight excluding hydrogens is 316 g/mol. The Labute approximate surface area is 126 Å². The summed E-state index contributed by atoms with van der Waals surface area (Å²) in [6, 6.07) is 2.82. The largest absolute Gasteiger partial charge is 0.481 e. The molecular formula is C12H16N2O5S2. The average Bonchev–Trinajstić information content (AvgIpc) is 3.06. The number of aliphatic carboxylic acids is 1. The zero-order valence-electron chi connectivity index (χ0n) is 11.2. The molecule has 0 unspecified atom stereocenters. The second-order valence-corrected chi connectivity index (χ2v) is 7.87. The van der Waals surface area contributed by atoms with E-state index in [1.807, 2.05) is 0 Å². The van der Waals surface area contributed by atoms with Crippen molar-refractivity contribution in [3.8, 4) is 0 Å². The summed E-state index contributed by atoms with van der Waals surface area (Å²) in [4.78, 5) is 24.5. The molecule has 0 aliphatic carbocycles. The number of carboxylic acid groups (broad SMARTS) is 1. The molecule has 1 aliphatic rings. The lowest BCUT2D eigenvalue weighted by Gasteiger charge is -2.15. The maximum absolute atomic E-state index is 12.0. The van der Waals surface area contributed by atoms with Crippen molar-refractivity contribution < 1.29 is 23.1 Å². The van der Waals surface area contributed by atoms with E-state index in [1.165, 1.54) is 12.1 Å². The molecule has 1 aromatic heterocycles. The number of nitrogens with one attached hydrogen (secondary N) is 1. The van der Waals surface area contributed by atoms with Crippen LogP contribution in [0.5, 0.6) is 0 Å². The molecule has 21 heavy (non-hydrogen) atoms. The SMILES string of the molecule is O=C(O)Cc1ccc(S(=O)(=O)NCC(=O)N2CCCC2)s1. The number of rotatable bonds is 6. The summed E-state index contributed by atoms with van der Waals surface area (Å²) < 4.78 is 26.3. The van der Waals surface area contributed by atoms with Gasteiger partial charge in [-0.05, 0) is 25.0 Å². The number of amides is 1. The molecule has 0 spiro atoms. The molecule has 1 saturated heterocycles. The Balaban J connectivity index is 1.96. The first-order valence-corrected chi connectivity index (χ1v) is 8.76. The molecule has 0 aromatic carbocycles. The number of nitrogens with zero attached hydrogens (tertiary/aromatic N) is 1. The summed E-state index contributed by atoms with van der Waals surface area (Å²) in [6.45, 7) is 1.07. The Hall–Kier alpha value is -1.45. The first kappa shape index (κ1) is 15.9. The van der Waals surface area contributed by atoms with Gasteiger partial charge in [0, 0.05) is 18.0 Å². The highest BCUT2D eigenvalue weighted by Crippen LogP contribution is 2.21. The highest BCUT2D eigenvalue weighted by Gasteiger charge is 2.22. The molecule has 9 heteroatoms. The third kappa shape index (κ3) is 4.26. The van der Waals surface area contributed by atoms with E-state index in [1.54, 1.807) is 4.90 Å². The van der Waals surface area contributed by atoms with Crippen LogP contribution >= 0.6 is 11.3 Å². The number of sulfonamides is 1. The molecule has 0 atom stereocenters. The Morgan fingerprint density at radius 3 is 2.57 bits per heavy atom. The molecule has 2 N–H and O–H groups in total. The number of carbonyl (C=O) groups is 2. The lowest BCUT2D eigenvalue weighted by molar-refractivity contribution is -0.136. The summed E-state index contributed by atoms with van der Waals surface area (Å²) in [5, 5.41) is 8.67. The van der Waals surface area contributed by atoms with Crippen molar-refractivity contribution in [3.63, 3.8) is 0 Å². The topological polar surface area (TPSA) is 104 Å². The molecule has 1 fully saturated rings. The van der Waals surface area contributed by atoms with Crippen molar-refractivity contribution in [1.29, 1.82) is 0 Å². The maximum Gasteiger partial charge on any atom is 0.308 e. The quantitative estimate of drug-likeness (QED) is 0.778. The molecule has 1 amide bonds. The summed E-state index contributed by atoms with van der Waals surface area (Å²) >= 11 is 0.896. The fourth-order valence-electron chi connectivity index (χ4n) is 2.05. The first-order chi connectivity index (χ1) is 9.88. The van der Waals surface area contributed by atoms with E-state index in [2.05, 4.69) is 4.72 Å². The van der Waals surface area contributed by atoms with Gasteiger partial charge in [-0.3, -0.25) is 9.59 Å². The smallest absolute Gasteiger partial charge is 0.308 e. The second-order valence-electron chi connectivity index (χ2n) is 4.70. The van der Waals surface area contributed by atoms with Crippen LogP contribution in [-0.4, -0.2) is 49.9 Å². The van der Waals surface area contributed by atoms with Crippen molar-refractivity contribution in [1.82, 2.24) is 9.62 Å². The van der Waals surface area contributed by atoms with Gasteiger partial charge >= 0.3 is 5.97 Å². The first-order valence-electron chi connectivity index (χ1n) is 6.46. The van der Waals surface area contributed by atoms with Gasteiger partial charge in [0.2, 0.25) is 5.91 Å². The van der Waals surface area contributed by atoms with Gasteiger partial charge in [0.1, 0.15) is 4.21 Å². The zero-order chi connectivity index (χ0) is 15.5. The Bertz CT molecular complexity index is 632. The van der Waals surface area contributed by atoms with Gasteiger partial charge in [0.25, 0.3) is 10.0 Å². The van der Waals surface area contributed by atoms with Crippen molar-refractivity contribution >= 4 is 33.2 Å². The van der Waals surface area contributed by atoms with Gasteiger partial charge in [0.15, 0.2) is 0 Å². The lowest BCUT2D eigenvalue weighted by atomic mass is 10.3. The molecule has 1 aromatic rings. The summed E-state index contributed by atoms with van der Waals surface area (Å²) in [5.41, 5.74) is 0. The standard InChI is InChI=1S/C12H16N2O5S2/c15-10(14-5-1-2-6-14)8-13-21(18,19)12-4-3-9(20-12)7-11(16)17/h3-4,13H,1-2,5-8H2,(H,16,17). The molecule has 7 nitrogen and oxygen atoms in total. The van der Waals surface area contributed by atoms with Crippen LogP contribution in [0, 0.1) is 0 Å². The van der Waals surface area contributed by atoms with Crippen molar-refractivity contribution in [2.75, 3.05) is 19.6 Å². The van der Waals surface area contributed by atoms with E-state index in [0.29, 0.717) is 18.0 Å². The van der Waals surface area contributed by atoms with E-state index in [0.717, 1.165) is 24.2 Å². The number of thiophene rings is 1. The molecule has 0 saturated carbocycles. The van der Waals surface area contributed by atoms with Crippen LogP contribution < -0.4 is 4.72 Å².